The molecule has 0 aliphatic heterocycles. The molecule has 1 atom stereocenters. The van der Waals surface area contributed by atoms with Gasteiger partial charge in [0, 0.05) is 10.6 Å². The third-order valence-corrected chi connectivity index (χ3v) is 3.52. The maximum atomic E-state index is 6.33. The van der Waals surface area contributed by atoms with E-state index in [1.807, 2.05) is 56.3 Å². The summed E-state index contributed by atoms with van der Waals surface area (Å²) >= 11 is 6.16. The van der Waals surface area contributed by atoms with Crippen molar-refractivity contribution < 1.29 is 4.74 Å². The van der Waals surface area contributed by atoms with E-state index in [0.717, 1.165) is 27.5 Å². The highest BCUT2D eigenvalue weighted by atomic mass is 35.5. The summed E-state index contributed by atoms with van der Waals surface area (Å²) in [5.74, 6) is 0.828. The summed E-state index contributed by atoms with van der Waals surface area (Å²) in [6.45, 7) is 4.56. The minimum absolute atomic E-state index is 0.235. The minimum atomic E-state index is -0.235. The van der Waals surface area contributed by atoms with Gasteiger partial charge in [-0.25, -0.2) is 0 Å². The van der Waals surface area contributed by atoms with Crippen molar-refractivity contribution in [2.75, 3.05) is 6.61 Å². The van der Waals surface area contributed by atoms with Crippen molar-refractivity contribution in [2.45, 2.75) is 19.9 Å². The van der Waals surface area contributed by atoms with Crippen LogP contribution in [0.2, 0.25) is 5.02 Å². The molecule has 0 aliphatic carbocycles. The van der Waals surface area contributed by atoms with Gasteiger partial charge in [0.15, 0.2) is 0 Å². The first-order valence-electron chi connectivity index (χ1n) is 6.36. The van der Waals surface area contributed by atoms with Crippen molar-refractivity contribution in [3.8, 4) is 5.75 Å². The van der Waals surface area contributed by atoms with E-state index in [1.165, 1.54) is 0 Å². The first-order valence-corrected chi connectivity index (χ1v) is 6.74. The van der Waals surface area contributed by atoms with Gasteiger partial charge in [0.05, 0.1) is 12.6 Å². The highest BCUT2D eigenvalue weighted by Gasteiger charge is 2.14. The lowest BCUT2D eigenvalue weighted by Crippen LogP contribution is -2.13. The van der Waals surface area contributed by atoms with Crippen LogP contribution in [-0.2, 0) is 0 Å². The normalized spacial score (nSPS) is 12.2. The van der Waals surface area contributed by atoms with Crippen molar-refractivity contribution >= 4 is 11.6 Å². The van der Waals surface area contributed by atoms with Crippen LogP contribution in [0, 0.1) is 6.92 Å². The van der Waals surface area contributed by atoms with Crippen LogP contribution in [0.4, 0.5) is 0 Å². The summed E-state index contributed by atoms with van der Waals surface area (Å²) in [6, 6.07) is 13.5. The Morgan fingerprint density at radius 2 is 1.95 bits per heavy atom. The van der Waals surface area contributed by atoms with Crippen LogP contribution in [0.3, 0.4) is 0 Å². The average molecular weight is 276 g/mol. The Morgan fingerprint density at radius 3 is 2.63 bits per heavy atom. The number of rotatable bonds is 4. The van der Waals surface area contributed by atoms with Crippen molar-refractivity contribution in [1.82, 2.24) is 0 Å². The molecule has 100 valence electrons. The Kier molecular flexibility index (Phi) is 4.46. The summed E-state index contributed by atoms with van der Waals surface area (Å²) in [5.41, 5.74) is 9.34. The summed E-state index contributed by atoms with van der Waals surface area (Å²) in [5, 5.41) is 0.738. The molecule has 0 spiro atoms. The molecule has 0 fully saturated rings. The Labute approximate surface area is 119 Å². The van der Waals surface area contributed by atoms with E-state index in [4.69, 9.17) is 22.1 Å². The van der Waals surface area contributed by atoms with Gasteiger partial charge in [-0.15, -0.1) is 0 Å². The minimum Gasteiger partial charge on any atom is -0.494 e. The number of nitrogens with two attached hydrogens (primary N) is 1. The molecule has 1 unspecified atom stereocenters. The van der Waals surface area contributed by atoms with E-state index in [1.54, 1.807) is 0 Å². The van der Waals surface area contributed by atoms with Gasteiger partial charge in [-0.3, -0.25) is 0 Å². The number of para-hydroxylation sites is 1. The van der Waals surface area contributed by atoms with Crippen LogP contribution in [0.15, 0.2) is 42.5 Å². The van der Waals surface area contributed by atoms with E-state index in [0.29, 0.717) is 6.61 Å². The lowest BCUT2D eigenvalue weighted by atomic mass is 9.98. The maximum absolute atomic E-state index is 6.33. The predicted molar refractivity (Wildman–Crippen MR) is 79.8 cm³/mol. The lowest BCUT2D eigenvalue weighted by molar-refractivity contribution is 0.335. The van der Waals surface area contributed by atoms with Gasteiger partial charge in [0.25, 0.3) is 0 Å². The molecule has 2 aromatic carbocycles. The van der Waals surface area contributed by atoms with Crippen molar-refractivity contribution in [1.29, 1.82) is 0 Å². The largest absolute Gasteiger partial charge is 0.494 e. The van der Waals surface area contributed by atoms with Gasteiger partial charge in [0.2, 0.25) is 0 Å². The zero-order valence-electron chi connectivity index (χ0n) is 11.2. The van der Waals surface area contributed by atoms with Crippen LogP contribution in [0.25, 0.3) is 0 Å². The zero-order chi connectivity index (χ0) is 13.8. The molecular formula is C16H18ClNO. The molecule has 2 nitrogen and oxygen atoms in total. The monoisotopic (exact) mass is 275 g/mol. The molecular weight excluding hydrogens is 258 g/mol. The second-order valence-corrected chi connectivity index (χ2v) is 4.86. The third kappa shape index (κ3) is 3.09. The lowest BCUT2D eigenvalue weighted by Gasteiger charge is -2.17. The second kappa shape index (κ2) is 6.09. The summed E-state index contributed by atoms with van der Waals surface area (Å²) in [6.07, 6.45) is 0. The van der Waals surface area contributed by atoms with Crippen LogP contribution >= 0.6 is 11.6 Å². The second-order valence-electron chi connectivity index (χ2n) is 4.46. The molecule has 0 aromatic heterocycles. The number of hydrogen-bond acceptors (Lipinski definition) is 2. The van der Waals surface area contributed by atoms with E-state index in [9.17, 15) is 0 Å². The van der Waals surface area contributed by atoms with Crippen molar-refractivity contribution in [3.63, 3.8) is 0 Å². The fourth-order valence-electron chi connectivity index (χ4n) is 2.01. The van der Waals surface area contributed by atoms with Crippen LogP contribution in [0.1, 0.15) is 29.7 Å². The van der Waals surface area contributed by atoms with Gasteiger partial charge in [-0.2, -0.15) is 0 Å². The zero-order valence-corrected chi connectivity index (χ0v) is 11.9. The number of ether oxygens (including phenoxy) is 1. The Balaban J connectivity index is 2.37. The van der Waals surface area contributed by atoms with Gasteiger partial charge in [-0.1, -0.05) is 41.9 Å². The SMILES string of the molecule is CCOc1ccccc1C(N)c1ccc(C)c(Cl)c1. The van der Waals surface area contributed by atoms with Crippen LogP contribution < -0.4 is 10.5 Å². The quantitative estimate of drug-likeness (QED) is 0.912. The smallest absolute Gasteiger partial charge is 0.124 e. The molecule has 0 saturated heterocycles. The molecule has 0 aliphatic rings. The first-order chi connectivity index (χ1) is 9.13. The van der Waals surface area contributed by atoms with Gasteiger partial charge >= 0.3 is 0 Å². The van der Waals surface area contributed by atoms with E-state index in [2.05, 4.69) is 0 Å². The van der Waals surface area contributed by atoms with Crippen molar-refractivity contribution in [3.05, 3.63) is 64.2 Å². The molecule has 0 bridgehead atoms. The van der Waals surface area contributed by atoms with E-state index < -0.39 is 0 Å². The Morgan fingerprint density at radius 1 is 1.21 bits per heavy atom. The number of aryl methyl sites for hydroxylation is 1. The number of benzene rings is 2. The summed E-state index contributed by atoms with van der Waals surface area (Å²) in [4.78, 5) is 0. The Bertz CT molecular complexity index is 568. The van der Waals surface area contributed by atoms with Crippen LogP contribution in [0.5, 0.6) is 5.75 Å². The molecule has 2 N–H and O–H groups in total. The molecule has 3 heteroatoms. The van der Waals surface area contributed by atoms with Crippen LogP contribution in [-0.4, -0.2) is 6.61 Å². The number of halogens is 1. The van der Waals surface area contributed by atoms with Gasteiger partial charge < -0.3 is 10.5 Å². The third-order valence-electron chi connectivity index (χ3n) is 3.11. The van der Waals surface area contributed by atoms with Crippen molar-refractivity contribution in [2.24, 2.45) is 5.73 Å². The summed E-state index contributed by atoms with van der Waals surface area (Å²) < 4.78 is 5.62. The molecule has 0 saturated carbocycles. The topological polar surface area (TPSA) is 35.2 Å². The number of hydrogen-bond donors (Lipinski definition) is 1. The first kappa shape index (κ1) is 13.9. The molecule has 0 radical (unpaired) electrons. The molecule has 19 heavy (non-hydrogen) atoms. The fraction of sp³-hybridized carbons (Fsp3) is 0.250. The maximum Gasteiger partial charge on any atom is 0.124 e. The van der Waals surface area contributed by atoms with Gasteiger partial charge in [-0.05, 0) is 37.1 Å². The highest BCUT2D eigenvalue weighted by molar-refractivity contribution is 6.31. The molecule has 2 rings (SSSR count). The molecule has 0 amide bonds. The standard InChI is InChI=1S/C16H18ClNO/c1-3-19-15-7-5-4-6-13(15)16(18)12-9-8-11(2)14(17)10-12/h4-10,16H,3,18H2,1-2H3. The predicted octanol–water partition coefficient (Wildman–Crippen LogP) is 4.10. The molecule has 0 heterocycles. The average Bonchev–Trinajstić information content (AvgIpc) is 2.42. The van der Waals surface area contributed by atoms with E-state index in [-0.39, 0.29) is 6.04 Å². The fourth-order valence-corrected chi connectivity index (χ4v) is 2.20. The highest BCUT2D eigenvalue weighted by Crippen LogP contribution is 2.30. The summed E-state index contributed by atoms with van der Waals surface area (Å²) in [7, 11) is 0. The van der Waals surface area contributed by atoms with E-state index >= 15 is 0 Å². The Hall–Kier alpha value is -1.51. The molecule has 2 aromatic rings. The van der Waals surface area contributed by atoms with Gasteiger partial charge in [0.1, 0.15) is 5.75 Å².